The highest BCUT2D eigenvalue weighted by Crippen LogP contribution is 2.28. The summed E-state index contributed by atoms with van der Waals surface area (Å²) in [5.74, 6) is -0.151. The summed E-state index contributed by atoms with van der Waals surface area (Å²) in [4.78, 5) is 23.2. The fourth-order valence-corrected chi connectivity index (χ4v) is 5.39. The van der Waals surface area contributed by atoms with Gasteiger partial charge in [-0.25, -0.2) is 9.37 Å². The third-order valence-corrected chi connectivity index (χ3v) is 7.90. The molecule has 1 aromatic heterocycles. The van der Waals surface area contributed by atoms with Gasteiger partial charge in [0.05, 0.1) is 6.04 Å². The fourth-order valence-electron chi connectivity index (χ4n) is 4.65. The van der Waals surface area contributed by atoms with E-state index in [0.717, 1.165) is 43.9 Å². The molecule has 2 aromatic carbocycles. The van der Waals surface area contributed by atoms with Gasteiger partial charge in [0.1, 0.15) is 5.82 Å². The number of anilines is 2. The highest BCUT2D eigenvalue weighted by Gasteiger charge is 2.38. The van der Waals surface area contributed by atoms with Crippen molar-refractivity contribution in [3.8, 4) is 0 Å². The first kappa shape index (κ1) is 26.4. The summed E-state index contributed by atoms with van der Waals surface area (Å²) in [7, 11) is 0. The number of aromatic nitrogens is 1. The Morgan fingerprint density at radius 1 is 1.17 bits per heavy atom. The maximum absolute atomic E-state index is 13.5. The molecule has 2 aliphatic rings. The molecular formula is C25H35FN5O3S2-. The Bertz CT molecular complexity index is 1190. The first-order chi connectivity index (χ1) is 17.3. The molecule has 3 atom stereocenters. The van der Waals surface area contributed by atoms with Crippen molar-refractivity contribution in [3.05, 3.63) is 71.5 Å². The predicted molar refractivity (Wildman–Crippen MR) is 145 cm³/mol. The van der Waals surface area contributed by atoms with E-state index in [-0.39, 0.29) is 33.0 Å². The van der Waals surface area contributed by atoms with Crippen LogP contribution in [0.3, 0.4) is 0 Å². The second kappa shape index (κ2) is 12.0. The Morgan fingerprint density at radius 3 is 2.44 bits per heavy atom. The van der Waals surface area contributed by atoms with Crippen molar-refractivity contribution in [3.63, 3.8) is 0 Å². The Morgan fingerprint density at radius 2 is 1.89 bits per heavy atom. The van der Waals surface area contributed by atoms with Crippen LogP contribution in [0.1, 0.15) is 29.2 Å². The Balaban J connectivity index is 0.000000750. The Kier molecular flexibility index (Phi) is 8.81. The SMILES string of the molecule is C[C@@H](c1cccc(F)c1)N1CCN([C@H]2CCN(c3ccc(S(=O)[O-])cc3)C2=O)CC1.Nc1nccs1.[HH].[HH].[HH]. The van der Waals surface area contributed by atoms with E-state index in [0.29, 0.717) is 11.7 Å². The summed E-state index contributed by atoms with van der Waals surface area (Å²) >= 11 is -0.824. The molecule has 3 aromatic rings. The van der Waals surface area contributed by atoms with Crippen molar-refractivity contribution in [2.45, 2.75) is 30.3 Å². The second-order valence-corrected chi connectivity index (χ2v) is 10.6. The standard InChI is InChI=1S/C22H26FN3O3S.C3H4N2S.3H2/c1-16(17-3-2-4-18(23)15-17)24-11-13-25(14-12-24)21-9-10-26(22(21)27)19-5-7-20(8-6-19)30(28)29;4-3-5-1-2-6-3;;;/h2-8,15-16,21H,9-14H2,1H3,(H,28,29);1-2H,(H2,4,5);3*1H/p-1/t16-,21-;;;;/m0..../s1. The molecule has 2 N–H and O–H groups in total. The summed E-state index contributed by atoms with van der Waals surface area (Å²) in [6, 6.07) is 13.1. The molecule has 1 unspecified atom stereocenters. The minimum Gasteiger partial charge on any atom is -0.768 e. The first-order valence-electron chi connectivity index (χ1n) is 11.7. The summed E-state index contributed by atoms with van der Waals surface area (Å²) in [6.07, 6.45) is 2.44. The number of nitrogens with two attached hydrogens (primary N) is 1. The first-order valence-corrected chi connectivity index (χ1v) is 13.7. The predicted octanol–water partition coefficient (Wildman–Crippen LogP) is 4.01. The molecule has 0 spiro atoms. The van der Waals surface area contributed by atoms with Crippen molar-refractivity contribution >= 4 is 39.1 Å². The molecule has 5 rings (SSSR count). The van der Waals surface area contributed by atoms with Gasteiger partial charge in [0.15, 0.2) is 5.13 Å². The van der Waals surface area contributed by atoms with E-state index in [1.165, 1.54) is 29.5 Å². The van der Waals surface area contributed by atoms with Crippen LogP contribution in [0.5, 0.6) is 0 Å². The van der Waals surface area contributed by atoms with Crippen LogP contribution in [0.25, 0.3) is 0 Å². The molecule has 0 bridgehead atoms. The van der Waals surface area contributed by atoms with E-state index in [2.05, 4.69) is 21.7 Å². The molecule has 0 radical (unpaired) electrons. The molecular weight excluding hydrogens is 501 g/mol. The number of benzene rings is 2. The fraction of sp³-hybridized carbons (Fsp3) is 0.360. The van der Waals surface area contributed by atoms with Gasteiger partial charge >= 0.3 is 0 Å². The Hall–Kier alpha value is -2.70. The van der Waals surface area contributed by atoms with Gasteiger partial charge < -0.3 is 15.2 Å². The molecule has 8 nitrogen and oxygen atoms in total. The van der Waals surface area contributed by atoms with Gasteiger partial charge in [0.25, 0.3) is 0 Å². The number of nitrogen functional groups attached to an aromatic ring is 1. The normalized spacial score (nSPS) is 20.6. The number of hydrogen-bond donors (Lipinski definition) is 1. The zero-order valence-electron chi connectivity index (χ0n) is 20.0. The molecule has 0 aliphatic carbocycles. The van der Waals surface area contributed by atoms with Gasteiger partial charge in [-0.1, -0.05) is 12.1 Å². The monoisotopic (exact) mass is 536 g/mol. The lowest BCUT2D eigenvalue weighted by Gasteiger charge is -2.40. The largest absolute Gasteiger partial charge is 0.768 e. The average molecular weight is 537 g/mol. The number of carbonyl (C=O) groups is 1. The van der Waals surface area contributed by atoms with Crippen molar-refractivity contribution in [2.75, 3.05) is 43.4 Å². The molecule has 2 aliphatic heterocycles. The maximum atomic E-state index is 13.5. The highest BCUT2D eigenvalue weighted by molar-refractivity contribution is 7.79. The zero-order valence-corrected chi connectivity index (χ0v) is 21.6. The molecule has 2 saturated heterocycles. The van der Waals surface area contributed by atoms with Crippen LogP contribution in [-0.2, 0) is 15.9 Å². The van der Waals surface area contributed by atoms with E-state index in [9.17, 15) is 17.9 Å². The molecule has 36 heavy (non-hydrogen) atoms. The number of amides is 1. The number of nitrogens with zero attached hydrogens (tertiary/aromatic N) is 4. The summed E-state index contributed by atoms with van der Waals surface area (Å²) in [5, 5.41) is 2.48. The van der Waals surface area contributed by atoms with Crippen LogP contribution in [0.2, 0.25) is 0 Å². The van der Waals surface area contributed by atoms with E-state index in [1.807, 2.05) is 11.4 Å². The topological polar surface area (TPSA) is 106 Å². The van der Waals surface area contributed by atoms with Gasteiger partial charge in [0.2, 0.25) is 5.91 Å². The average Bonchev–Trinajstić information content (AvgIpc) is 3.52. The van der Waals surface area contributed by atoms with Gasteiger partial charge in [-0.3, -0.25) is 18.8 Å². The van der Waals surface area contributed by atoms with E-state index in [4.69, 9.17) is 5.73 Å². The molecule has 198 valence electrons. The minimum atomic E-state index is -2.27. The van der Waals surface area contributed by atoms with Crippen molar-refractivity contribution in [1.29, 1.82) is 0 Å². The smallest absolute Gasteiger partial charge is 0.244 e. The van der Waals surface area contributed by atoms with Crippen LogP contribution in [0.4, 0.5) is 15.2 Å². The molecule has 1 amide bonds. The molecule has 0 saturated carbocycles. The number of halogens is 1. The number of thiazole rings is 1. The number of piperazine rings is 1. The third kappa shape index (κ3) is 6.34. The van der Waals surface area contributed by atoms with Crippen LogP contribution < -0.4 is 10.6 Å². The van der Waals surface area contributed by atoms with E-state index >= 15 is 0 Å². The molecule has 3 heterocycles. The van der Waals surface area contributed by atoms with Crippen molar-refractivity contribution < 1.29 is 22.2 Å². The van der Waals surface area contributed by atoms with Crippen LogP contribution >= 0.6 is 11.3 Å². The molecule has 11 heteroatoms. The van der Waals surface area contributed by atoms with Crippen LogP contribution in [0.15, 0.2) is 65.0 Å². The third-order valence-electron chi connectivity index (χ3n) is 6.64. The summed E-state index contributed by atoms with van der Waals surface area (Å²) < 4.78 is 35.6. The summed E-state index contributed by atoms with van der Waals surface area (Å²) in [6.45, 7) is 5.95. The molecule has 2 fully saturated rings. The van der Waals surface area contributed by atoms with Gasteiger partial charge in [-0.15, -0.1) is 11.3 Å². The number of rotatable bonds is 5. The maximum Gasteiger partial charge on any atom is 0.244 e. The lowest BCUT2D eigenvalue weighted by atomic mass is 10.1. The van der Waals surface area contributed by atoms with E-state index in [1.54, 1.807) is 35.4 Å². The van der Waals surface area contributed by atoms with Crippen LogP contribution in [0, 0.1) is 5.82 Å². The van der Waals surface area contributed by atoms with Gasteiger partial charge in [0, 0.05) is 65.2 Å². The number of carbonyl (C=O) groups excluding carboxylic acids is 1. The lowest BCUT2D eigenvalue weighted by molar-refractivity contribution is -0.122. The second-order valence-electron chi connectivity index (χ2n) is 8.70. The van der Waals surface area contributed by atoms with E-state index < -0.39 is 11.1 Å². The van der Waals surface area contributed by atoms with Gasteiger partial charge in [-0.05, 0) is 66.4 Å². The zero-order chi connectivity index (χ0) is 25.7. The minimum absolute atomic E-state index is 0. The number of hydrogen-bond acceptors (Lipinski definition) is 8. The highest BCUT2D eigenvalue weighted by atomic mass is 32.2. The Labute approximate surface area is 221 Å². The van der Waals surface area contributed by atoms with Gasteiger partial charge in [-0.2, -0.15) is 0 Å². The van der Waals surface area contributed by atoms with Crippen LogP contribution in [-0.4, -0.2) is 68.2 Å². The quantitative estimate of drug-likeness (QED) is 0.491. The summed E-state index contributed by atoms with van der Waals surface area (Å²) in [5.41, 5.74) is 6.88. The lowest BCUT2D eigenvalue weighted by Crippen LogP contribution is -2.52. The van der Waals surface area contributed by atoms with Crippen molar-refractivity contribution in [2.24, 2.45) is 0 Å². The van der Waals surface area contributed by atoms with Crippen molar-refractivity contribution in [1.82, 2.24) is 14.8 Å².